The highest BCUT2D eigenvalue weighted by Crippen LogP contribution is 2.23. The van der Waals surface area contributed by atoms with Crippen LogP contribution in [0.2, 0.25) is 0 Å². The summed E-state index contributed by atoms with van der Waals surface area (Å²) in [5, 5.41) is 17.7. The number of hydrogen-bond donors (Lipinski definition) is 2. The number of carboxylic acid groups (broad SMARTS) is 1. The predicted octanol–water partition coefficient (Wildman–Crippen LogP) is 1.57. The molecule has 0 saturated carbocycles. The number of rotatable bonds is 8. The monoisotopic (exact) mass is 346 g/mol. The number of likely N-dealkylation sites (tertiary alicyclic amines) is 1. The summed E-state index contributed by atoms with van der Waals surface area (Å²) < 4.78 is 1.81. The van der Waals surface area contributed by atoms with E-state index in [4.69, 9.17) is 16.1 Å². The van der Waals surface area contributed by atoms with Crippen LogP contribution >= 0.6 is 0 Å². The maximum atomic E-state index is 12.5. The molecule has 1 unspecified atom stereocenters. The fourth-order valence-electron chi connectivity index (χ4n) is 3.33. The number of aliphatic carboxylic acids is 1. The van der Waals surface area contributed by atoms with Gasteiger partial charge < -0.3 is 20.3 Å². The zero-order chi connectivity index (χ0) is 18.2. The van der Waals surface area contributed by atoms with Crippen LogP contribution in [0.15, 0.2) is 18.3 Å². The summed E-state index contributed by atoms with van der Waals surface area (Å²) >= 11 is 0. The lowest BCUT2D eigenvalue weighted by Gasteiger charge is -2.33. The Morgan fingerprint density at radius 1 is 1.40 bits per heavy atom. The minimum Gasteiger partial charge on any atom is -0.481 e. The zero-order valence-corrected chi connectivity index (χ0v) is 14.4. The molecule has 7 nitrogen and oxygen atoms in total. The molecule has 1 aliphatic heterocycles. The maximum Gasteiger partial charge on any atom is 0.303 e. The molecule has 0 radical (unpaired) electrons. The van der Waals surface area contributed by atoms with E-state index >= 15 is 0 Å². The van der Waals surface area contributed by atoms with Crippen LogP contribution in [0.25, 0.3) is 0 Å². The van der Waals surface area contributed by atoms with Gasteiger partial charge in [0.25, 0.3) is 0 Å². The number of carbonyl (C=O) groups excluding carboxylic acids is 1. The van der Waals surface area contributed by atoms with Gasteiger partial charge in [0.1, 0.15) is 11.8 Å². The summed E-state index contributed by atoms with van der Waals surface area (Å²) in [5.74, 6) is -0.284. The van der Waals surface area contributed by atoms with Crippen LogP contribution in [0.3, 0.4) is 0 Å². The van der Waals surface area contributed by atoms with Crippen molar-refractivity contribution in [2.45, 2.75) is 51.1 Å². The van der Waals surface area contributed by atoms with E-state index in [-0.39, 0.29) is 12.3 Å². The highest BCUT2D eigenvalue weighted by molar-refractivity contribution is 5.81. The van der Waals surface area contributed by atoms with Crippen molar-refractivity contribution in [3.8, 4) is 6.07 Å². The van der Waals surface area contributed by atoms with Gasteiger partial charge in [-0.2, -0.15) is 5.26 Å². The Bertz CT molecular complexity index is 627. The third kappa shape index (κ3) is 5.61. The molecule has 0 aromatic carbocycles. The number of carbonyl (C=O) groups is 2. The average molecular weight is 346 g/mol. The normalized spacial score (nSPS) is 16.4. The molecule has 1 aliphatic rings. The Morgan fingerprint density at radius 3 is 2.76 bits per heavy atom. The van der Waals surface area contributed by atoms with E-state index in [0.29, 0.717) is 44.1 Å². The Hall–Kier alpha value is -2.33. The topological polar surface area (TPSA) is 112 Å². The van der Waals surface area contributed by atoms with Crippen LogP contribution in [-0.2, 0) is 16.1 Å². The van der Waals surface area contributed by atoms with Crippen LogP contribution in [0.5, 0.6) is 0 Å². The fourth-order valence-corrected chi connectivity index (χ4v) is 3.33. The molecule has 1 amide bonds. The molecule has 3 N–H and O–H groups in total. The van der Waals surface area contributed by atoms with E-state index in [0.717, 1.165) is 19.3 Å². The highest BCUT2D eigenvalue weighted by atomic mass is 16.4. The van der Waals surface area contributed by atoms with Crippen molar-refractivity contribution in [1.82, 2.24) is 9.47 Å². The first-order valence-electron chi connectivity index (χ1n) is 8.82. The molecule has 1 saturated heterocycles. The lowest BCUT2D eigenvalue weighted by atomic mass is 9.91. The predicted molar refractivity (Wildman–Crippen MR) is 92.5 cm³/mol. The molecule has 136 valence electrons. The Kier molecular flexibility index (Phi) is 7.02. The molecular formula is C18H26N4O3. The second-order valence-corrected chi connectivity index (χ2v) is 6.65. The number of hydrogen-bond acceptors (Lipinski definition) is 4. The van der Waals surface area contributed by atoms with Crippen molar-refractivity contribution in [3.63, 3.8) is 0 Å². The first kappa shape index (κ1) is 19.0. The van der Waals surface area contributed by atoms with Crippen LogP contribution < -0.4 is 5.73 Å². The standard InChI is InChI=1S/C18H26N4O3/c19-13-15-4-2-9-21(15)12-8-16(20)18(25)22-10-6-14(7-11-22)3-1-5-17(23)24/h2,4,9,14,16H,1,3,5-8,10-12,20H2,(H,23,24). The summed E-state index contributed by atoms with van der Waals surface area (Å²) in [7, 11) is 0. The first-order valence-corrected chi connectivity index (χ1v) is 8.82. The molecule has 2 heterocycles. The lowest BCUT2D eigenvalue weighted by molar-refractivity contribution is -0.137. The minimum atomic E-state index is -0.749. The molecule has 0 spiro atoms. The second kappa shape index (κ2) is 9.23. The molecular weight excluding hydrogens is 320 g/mol. The third-order valence-corrected chi connectivity index (χ3v) is 4.87. The third-order valence-electron chi connectivity index (χ3n) is 4.87. The Labute approximate surface area is 148 Å². The largest absolute Gasteiger partial charge is 0.481 e. The number of piperidine rings is 1. The van der Waals surface area contributed by atoms with Gasteiger partial charge in [-0.25, -0.2) is 0 Å². The Morgan fingerprint density at radius 2 is 2.12 bits per heavy atom. The van der Waals surface area contributed by atoms with Crippen LogP contribution in [-0.4, -0.2) is 45.6 Å². The van der Waals surface area contributed by atoms with Crippen molar-refractivity contribution in [1.29, 1.82) is 5.26 Å². The number of nitriles is 1. The zero-order valence-electron chi connectivity index (χ0n) is 14.4. The van der Waals surface area contributed by atoms with Gasteiger partial charge in [0.05, 0.1) is 6.04 Å². The van der Waals surface area contributed by atoms with Crippen molar-refractivity contribution in [2.75, 3.05) is 13.1 Å². The molecule has 2 rings (SSSR count). The number of carboxylic acids is 1. The van der Waals surface area contributed by atoms with Gasteiger partial charge in [-0.1, -0.05) is 0 Å². The smallest absolute Gasteiger partial charge is 0.303 e. The maximum absolute atomic E-state index is 12.5. The summed E-state index contributed by atoms with van der Waals surface area (Å²) in [5.41, 5.74) is 6.62. The molecule has 1 atom stereocenters. The van der Waals surface area contributed by atoms with Gasteiger partial charge >= 0.3 is 5.97 Å². The van der Waals surface area contributed by atoms with E-state index in [9.17, 15) is 9.59 Å². The number of nitrogens with two attached hydrogens (primary N) is 1. The second-order valence-electron chi connectivity index (χ2n) is 6.65. The minimum absolute atomic E-state index is 0.0327. The number of aryl methyl sites for hydroxylation is 1. The van der Waals surface area contributed by atoms with Crippen molar-refractivity contribution < 1.29 is 14.7 Å². The molecule has 1 fully saturated rings. The van der Waals surface area contributed by atoms with Gasteiger partial charge in [-0.05, 0) is 50.2 Å². The molecule has 1 aromatic rings. The fraction of sp³-hybridized carbons (Fsp3) is 0.611. The molecule has 1 aromatic heterocycles. The van der Waals surface area contributed by atoms with Crippen LogP contribution in [0.4, 0.5) is 0 Å². The SMILES string of the molecule is N#Cc1cccn1CCC(N)C(=O)N1CCC(CCCC(=O)O)CC1. The van der Waals surface area contributed by atoms with Gasteiger partial charge in [-0.15, -0.1) is 0 Å². The number of nitrogens with zero attached hydrogens (tertiary/aromatic N) is 3. The van der Waals surface area contributed by atoms with Crippen molar-refractivity contribution in [2.24, 2.45) is 11.7 Å². The van der Waals surface area contributed by atoms with Gasteiger partial charge in [-0.3, -0.25) is 9.59 Å². The summed E-state index contributed by atoms with van der Waals surface area (Å²) in [4.78, 5) is 24.8. The number of aromatic nitrogens is 1. The van der Waals surface area contributed by atoms with Crippen molar-refractivity contribution in [3.05, 3.63) is 24.0 Å². The first-order chi connectivity index (χ1) is 12.0. The number of amides is 1. The Balaban J connectivity index is 1.72. The van der Waals surface area contributed by atoms with E-state index in [1.54, 1.807) is 12.1 Å². The summed E-state index contributed by atoms with van der Waals surface area (Å²) in [6.45, 7) is 1.93. The molecule has 0 aliphatic carbocycles. The summed E-state index contributed by atoms with van der Waals surface area (Å²) in [6, 6.07) is 5.10. The van der Waals surface area contributed by atoms with E-state index < -0.39 is 12.0 Å². The van der Waals surface area contributed by atoms with E-state index in [1.807, 2.05) is 15.7 Å². The van der Waals surface area contributed by atoms with Gasteiger partial charge in [0.15, 0.2) is 0 Å². The van der Waals surface area contributed by atoms with Gasteiger partial charge in [0, 0.05) is 32.3 Å². The molecule has 7 heteroatoms. The van der Waals surface area contributed by atoms with Crippen molar-refractivity contribution >= 4 is 11.9 Å². The lowest BCUT2D eigenvalue weighted by Crippen LogP contribution is -2.47. The summed E-state index contributed by atoms with van der Waals surface area (Å²) in [6.07, 6.45) is 5.96. The molecule has 25 heavy (non-hydrogen) atoms. The average Bonchev–Trinajstić information content (AvgIpc) is 3.07. The van der Waals surface area contributed by atoms with Gasteiger partial charge in [0.2, 0.25) is 5.91 Å². The molecule has 0 bridgehead atoms. The van der Waals surface area contributed by atoms with E-state index in [2.05, 4.69) is 6.07 Å². The van der Waals surface area contributed by atoms with Crippen LogP contribution in [0, 0.1) is 17.2 Å². The highest BCUT2D eigenvalue weighted by Gasteiger charge is 2.26. The quantitative estimate of drug-likeness (QED) is 0.742. The van der Waals surface area contributed by atoms with Crippen LogP contribution in [0.1, 0.15) is 44.2 Å². The van der Waals surface area contributed by atoms with E-state index in [1.165, 1.54) is 0 Å².